The van der Waals surface area contributed by atoms with Crippen molar-refractivity contribution in [2.75, 3.05) is 0 Å². The van der Waals surface area contributed by atoms with Crippen molar-refractivity contribution >= 4 is 34.0 Å². The lowest BCUT2D eigenvalue weighted by molar-refractivity contribution is 0.511. The van der Waals surface area contributed by atoms with Crippen LogP contribution < -0.4 is 4.87 Å². The largest absolute Gasteiger partial charge is 0.318 e. The van der Waals surface area contributed by atoms with E-state index in [4.69, 9.17) is 11.6 Å². The third kappa shape index (κ3) is 2.47. The fourth-order valence-electron chi connectivity index (χ4n) is 2.20. The van der Waals surface area contributed by atoms with Gasteiger partial charge in [-0.15, -0.1) is 11.6 Å². The number of rotatable bonds is 3. The van der Waals surface area contributed by atoms with Crippen LogP contribution in [-0.4, -0.2) is 14.5 Å². The first-order chi connectivity index (χ1) is 9.97. The van der Waals surface area contributed by atoms with Gasteiger partial charge in [-0.2, -0.15) is 0 Å². The summed E-state index contributed by atoms with van der Waals surface area (Å²) in [6.07, 6.45) is 0. The van der Waals surface area contributed by atoms with Crippen LogP contribution in [0.1, 0.15) is 23.8 Å². The fourth-order valence-corrected chi connectivity index (χ4v) is 2.94. The van der Waals surface area contributed by atoms with Gasteiger partial charge in [-0.1, -0.05) is 11.3 Å². The van der Waals surface area contributed by atoms with Crippen LogP contribution in [0.5, 0.6) is 0 Å². The number of H-pyrrole nitrogens is 1. The molecule has 1 N–H and O–H groups in total. The molecule has 1 aromatic carbocycles. The molecule has 4 nitrogen and oxygen atoms in total. The molecule has 2 heterocycles. The zero-order valence-electron chi connectivity index (χ0n) is 10.9. The molecule has 1 atom stereocenters. The van der Waals surface area contributed by atoms with Crippen LogP contribution >= 0.6 is 22.9 Å². The Hall–Kier alpha value is -1.73. The van der Waals surface area contributed by atoms with Gasteiger partial charge >= 0.3 is 4.87 Å². The van der Waals surface area contributed by atoms with Crippen LogP contribution in [-0.2, 0) is 6.54 Å². The summed E-state index contributed by atoms with van der Waals surface area (Å²) in [7, 11) is 0. The Bertz CT molecular complexity index is 868. The Morgan fingerprint density at radius 2 is 2.24 bits per heavy atom. The summed E-state index contributed by atoms with van der Waals surface area (Å²) in [6.45, 7) is 1.87. The van der Waals surface area contributed by atoms with Crippen molar-refractivity contribution in [2.45, 2.75) is 18.8 Å². The van der Waals surface area contributed by atoms with Crippen molar-refractivity contribution < 1.29 is 8.78 Å². The standard InChI is InChI=1S/C13H10ClF2N3OS/c1-6(14)12-18-9-3-2-8(15)10(16)11(9)19(12)4-7-5-21-13(20)17-7/h2-3,5-6H,4H2,1H3,(H,17,20). The number of thiazole rings is 1. The summed E-state index contributed by atoms with van der Waals surface area (Å²) in [4.78, 5) is 17.9. The average molecular weight is 330 g/mol. The van der Waals surface area contributed by atoms with Crippen molar-refractivity contribution in [3.05, 3.63) is 50.3 Å². The van der Waals surface area contributed by atoms with Crippen LogP contribution in [0.15, 0.2) is 22.3 Å². The highest BCUT2D eigenvalue weighted by molar-refractivity contribution is 7.07. The number of imidazole rings is 1. The van der Waals surface area contributed by atoms with Crippen molar-refractivity contribution in [3.8, 4) is 0 Å². The number of nitrogens with zero attached hydrogens (tertiary/aromatic N) is 2. The summed E-state index contributed by atoms with van der Waals surface area (Å²) < 4.78 is 29.1. The van der Waals surface area contributed by atoms with E-state index in [0.29, 0.717) is 17.0 Å². The molecule has 110 valence electrons. The van der Waals surface area contributed by atoms with Gasteiger partial charge in [0, 0.05) is 11.1 Å². The monoisotopic (exact) mass is 329 g/mol. The van der Waals surface area contributed by atoms with Crippen LogP contribution in [0, 0.1) is 11.6 Å². The summed E-state index contributed by atoms with van der Waals surface area (Å²) in [5.41, 5.74) is 0.963. The molecular weight excluding hydrogens is 320 g/mol. The van der Waals surface area contributed by atoms with Crippen molar-refractivity contribution in [3.63, 3.8) is 0 Å². The maximum Gasteiger partial charge on any atom is 0.304 e. The average Bonchev–Trinajstić information content (AvgIpc) is 2.99. The van der Waals surface area contributed by atoms with E-state index in [0.717, 1.165) is 17.4 Å². The van der Waals surface area contributed by atoms with E-state index < -0.39 is 17.0 Å². The van der Waals surface area contributed by atoms with Crippen LogP contribution in [0.3, 0.4) is 0 Å². The highest BCUT2D eigenvalue weighted by atomic mass is 35.5. The molecule has 0 aliphatic heterocycles. The smallest absolute Gasteiger partial charge is 0.304 e. The zero-order chi connectivity index (χ0) is 15.1. The van der Waals surface area contributed by atoms with E-state index >= 15 is 0 Å². The predicted molar refractivity (Wildman–Crippen MR) is 78.0 cm³/mol. The number of nitrogens with one attached hydrogen (secondary N) is 1. The second kappa shape index (κ2) is 5.23. The molecule has 1 unspecified atom stereocenters. The minimum Gasteiger partial charge on any atom is -0.318 e. The quantitative estimate of drug-likeness (QED) is 0.749. The third-order valence-corrected chi connectivity index (χ3v) is 4.00. The van der Waals surface area contributed by atoms with E-state index in [1.807, 2.05) is 0 Å². The number of aromatic nitrogens is 3. The van der Waals surface area contributed by atoms with E-state index in [2.05, 4.69) is 9.97 Å². The lowest BCUT2D eigenvalue weighted by Crippen LogP contribution is -2.08. The number of alkyl halides is 1. The fraction of sp³-hybridized carbons (Fsp3) is 0.231. The molecule has 0 aliphatic rings. The first-order valence-corrected chi connectivity index (χ1v) is 7.44. The minimum atomic E-state index is -0.971. The molecule has 0 radical (unpaired) electrons. The molecule has 21 heavy (non-hydrogen) atoms. The molecule has 0 aliphatic carbocycles. The zero-order valence-corrected chi connectivity index (χ0v) is 12.4. The second-order valence-electron chi connectivity index (χ2n) is 4.57. The lowest BCUT2D eigenvalue weighted by Gasteiger charge is -2.09. The topological polar surface area (TPSA) is 50.7 Å². The Balaban J connectivity index is 2.24. The predicted octanol–water partition coefficient (Wildman–Crippen LogP) is 3.41. The summed E-state index contributed by atoms with van der Waals surface area (Å²) in [6, 6.07) is 2.44. The maximum atomic E-state index is 14.1. The van der Waals surface area contributed by atoms with E-state index in [1.54, 1.807) is 12.3 Å². The molecule has 0 fully saturated rings. The summed E-state index contributed by atoms with van der Waals surface area (Å²) in [5.74, 6) is -1.50. The number of hydrogen-bond acceptors (Lipinski definition) is 3. The number of fused-ring (bicyclic) bond motifs is 1. The van der Waals surface area contributed by atoms with Gasteiger partial charge in [0.2, 0.25) is 0 Å². The Kier molecular flexibility index (Phi) is 3.54. The first kappa shape index (κ1) is 14.2. The third-order valence-electron chi connectivity index (χ3n) is 3.08. The second-order valence-corrected chi connectivity index (χ2v) is 6.07. The Morgan fingerprint density at radius 1 is 1.48 bits per heavy atom. The van der Waals surface area contributed by atoms with Crippen molar-refractivity contribution in [2.24, 2.45) is 0 Å². The number of hydrogen-bond donors (Lipinski definition) is 1. The van der Waals surface area contributed by atoms with Gasteiger partial charge in [0.05, 0.1) is 17.4 Å². The molecule has 0 amide bonds. The highest BCUT2D eigenvalue weighted by Gasteiger charge is 2.20. The molecule has 3 rings (SSSR count). The Labute approximate surface area is 127 Å². The minimum absolute atomic E-state index is 0.0459. The number of halogens is 3. The molecule has 0 saturated heterocycles. The molecule has 8 heteroatoms. The SMILES string of the molecule is CC(Cl)c1nc2ccc(F)c(F)c2n1Cc1csc(=O)[nH]1. The van der Waals surface area contributed by atoms with Gasteiger partial charge < -0.3 is 9.55 Å². The first-order valence-electron chi connectivity index (χ1n) is 6.12. The van der Waals surface area contributed by atoms with Gasteiger partial charge in [0.15, 0.2) is 11.6 Å². The number of aromatic amines is 1. The maximum absolute atomic E-state index is 14.1. The molecule has 0 saturated carbocycles. The van der Waals surface area contributed by atoms with Gasteiger partial charge in [-0.3, -0.25) is 4.79 Å². The summed E-state index contributed by atoms with van der Waals surface area (Å²) >= 11 is 7.08. The number of benzene rings is 1. The molecule has 2 aromatic heterocycles. The van der Waals surface area contributed by atoms with Crippen LogP contribution in [0.4, 0.5) is 8.78 Å². The Morgan fingerprint density at radius 3 is 2.86 bits per heavy atom. The molecule has 3 aromatic rings. The highest BCUT2D eigenvalue weighted by Crippen LogP contribution is 2.28. The van der Waals surface area contributed by atoms with Crippen molar-refractivity contribution in [1.82, 2.24) is 14.5 Å². The van der Waals surface area contributed by atoms with Crippen LogP contribution in [0.25, 0.3) is 11.0 Å². The lowest BCUT2D eigenvalue weighted by atomic mass is 10.3. The van der Waals surface area contributed by atoms with Crippen LogP contribution in [0.2, 0.25) is 0 Å². The summed E-state index contributed by atoms with van der Waals surface area (Å²) in [5, 5.41) is 1.15. The van der Waals surface area contributed by atoms with Crippen molar-refractivity contribution in [1.29, 1.82) is 0 Å². The van der Waals surface area contributed by atoms with Gasteiger partial charge in [0.25, 0.3) is 0 Å². The normalized spacial score (nSPS) is 13.0. The van der Waals surface area contributed by atoms with Gasteiger partial charge in [-0.25, -0.2) is 13.8 Å². The molecular formula is C13H10ClF2N3OS. The molecule has 0 bridgehead atoms. The van der Waals surface area contributed by atoms with Gasteiger partial charge in [0.1, 0.15) is 11.3 Å². The van der Waals surface area contributed by atoms with E-state index in [-0.39, 0.29) is 16.9 Å². The van der Waals surface area contributed by atoms with E-state index in [9.17, 15) is 13.6 Å². The molecule has 0 spiro atoms. The van der Waals surface area contributed by atoms with Gasteiger partial charge in [-0.05, 0) is 19.1 Å². The van der Waals surface area contributed by atoms with E-state index in [1.165, 1.54) is 10.6 Å².